The van der Waals surface area contributed by atoms with Crippen molar-refractivity contribution < 1.29 is 0 Å². The van der Waals surface area contributed by atoms with E-state index in [9.17, 15) is 0 Å². The van der Waals surface area contributed by atoms with Gasteiger partial charge in [0.1, 0.15) is 0 Å². The Morgan fingerprint density at radius 1 is 1.14 bits per heavy atom. The van der Waals surface area contributed by atoms with Gasteiger partial charge in [0.2, 0.25) is 0 Å². The highest BCUT2D eigenvalue weighted by Crippen LogP contribution is 2.13. The molecule has 0 aliphatic rings. The van der Waals surface area contributed by atoms with E-state index < -0.39 is 0 Å². The number of rotatable bonds is 5. The summed E-state index contributed by atoms with van der Waals surface area (Å²) in [5.74, 6) is 0. The SMILES string of the molecule is C=[C]c1cc(CC)cc(CCCC)c1. The van der Waals surface area contributed by atoms with Crippen molar-refractivity contribution in [3.8, 4) is 0 Å². The molecule has 0 aromatic heterocycles. The first-order chi connectivity index (χ1) is 6.80. The fourth-order valence-electron chi connectivity index (χ4n) is 1.59. The predicted molar refractivity (Wildman–Crippen MR) is 62.4 cm³/mol. The summed E-state index contributed by atoms with van der Waals surface area (Å²) in [6.45, 7) is 8.12. The predicted octanol–water partition coefficient (Wildman–Crippen LogP) is 3.93. The minimum absolute atomic E-state index is 1.09. The molecule has 0 aliphatic carbocycles. The van der Waals surface area contributed by atoms with Crippen molar-refractivity contribution in [3.63, 3.8) is 0 Å². The molecule has 14 heavy (non-hydrogen) atoms. The molecule has 75 valence electrons. The Kier molecular flexibility index (Phi) is 4.45. The van der Waals surface area contributed by atoms with E-state index in [1.165, 1.54) is 30.4 Å². The van der Waals surface area contributed by atoms with Crippen LogP contribution in [0.3, 0.4) is 0 Å². The van der Waals surface area contributed by atoms with E-state index in [4.69, 9.17) is 0 Å². The number of aryl methyl sites for hydroxylation is 2. The standard InChI is InChI=1S/C14H19/c1-4-7-8-14-10-12(5-2)9-13(6-3)11-14/h9-11H,2,4,6-8H2,1,3H3. The molecular formula is C14H19. The molecule has 0 unspecified atom stereocenters. The van der Waals surface area contributed by atoms with Crippen LogP contribution in [0.15, 0.2) is 24.8 Å². The Morgan fingerprint density at radius 3 is 2.43 bits per heavy atom. The second-order valence-corrected chi connectivity index (χ2v) is 3.67. The molecule has 1 radical (unpaired) electrons. The van der Waals surface area contributed by atoms with Crippen LogP contribution in [0.25, 0.3) is 0 Å². The molecule has 0 N–H and O–H groups in total. The lowest BCUT2D eigenvalue weighted by Gasteiger charge is -2.05. The van der Waals surface area contributed by atoms with Crippen LogP contribution >= 0.6 is 0 Å². The van der Waals surface area contributed by atoms with Crippen LogP contribution in [0.5, 0.6) is 0 Å². The molecule has 1 aromatic carbocycles. The zero-order valence-electron chi connectivity index (χ0n) is 9.27. The summed E-state index contributed by atoms with van der Waals surface area (Å²) in [5.41, 5.74) is 3.96. The second-order valence-electron chi connectivity index (χ2n) is 3.67. The molecule has 0 saturated heterocycles. The first-order valence-corrected chi connectivity index (χ1v) is 5.46. The van der Waals surface area contributed by atoms with Gasteiger partial charge in [-0.25, -0.2) is 0 Å². The van der Waals surface area contributed by atoms with Crippen LogP contribution in [0.1, 0.15) is 43.4 Å². The highest BCUT2D eigenvalue weighted by atomic mass is 14.0. The van der Waals surface area contributed by atoms with E-state index in [2.05, 4.69) is 44.7 Å². The van der Waals surface area contributed by atoms with Gasteiger partial charge in [-0.15, -0.1) is 0 Å². The van der Waals surface area contributed by atoms with E-state index in [0.29, 0.717) is 0 Å². The smallest absolute Gasteiger partial charge is 0.0178 e. The monoisotopic (exact) mass is 187 g/mol. The van der Waals surface area contributed by atoms with Gasteiger partial charge in [0.15, 0.2) is 0 Å². The Bertz CT molecular complexity index is 297. The minimum atomic E-state index is 1.09. The molecule has 1 rings (SSSR count). The third-order valence-electron chi connectivity index (χ3n) is 2.48. The fourth-order valence-corrected chi connectivity index (χ4v) is 1.59. The number of benzene rings is 1. The molecule has 0 heterocycles. The molecule has 0 amide bonds. The Morgan fingerprint density at radius 2 is 1.86 bits per heavy atom. The average molecular weight is 187 g/mol. The minimum Gasteiger partial charge on any atom is -0.0906 e. The molecule has 0 aliphatic heterocycles. The average Bonchev–Trinajstić information content (AvgIpc) is 2.25. The van der Waals surface area contributed by atoms with Crippen LogP contribution in [0, 0.1) is 6.08 Å². The fraction of sp³-hybridized carbons (Fsp3) is 0.429. The van der Waals surface area contributed by atoms with E-state index in [0.717, 1.165) is 12.0 Å². The summed E-state index contributed by atoms with van der Waals surface area (Å²) >= 11 is 0. The third kappa shape index (κ3) is 3.02. The molecule has 0 fully saturated rings. The van der Waals surface area contributed by atoms with Crippen molar-refractivity contribution in [2.24, 2.45) is 0 Å². The van der Waals surface area contributed by atoms with Gasteiger partial charge in [0, 0.05) is 0 Å². The Balaban J connectivity index is 2.86. The lowest BCUT2D eigenvalue weighted by atomic mass is 10.0. The molecule has 0 atom stereocenters. The van der Waals surface area contributed by atoms with Gasteiger partial charge in [-0.2, -0.15) is 0 Å². The van der Waals surface area contributed by atoms with E-state index in [1.807, 2.05) is 0 Å². The van der Waals surface area contributed by atoms with Gasteiger partial charge in [-0.3, -0.25) is 0 Å². The van der Waals surface area contributed by atoms with Gasteiger partial charge >= 0.3 is 0 Å². The Labute approximate surface area is 87.7 Å². The van der Waals surface area contributed by atoms with Crippen LogP contribution in [0.4, 0.5) is 0 Å². The highest BCUT2D eigenvalue weighted by Gasteiger charge is 1.98. The Hall–Kier alpha value is -1.04. The van der Waals surface area contributed by atoms with Gasteiger partial charge in [-0.1, -0.05) is 45.0 Å². The number of hydrogen-bond acceptors (Lipinski definition) is 0. The maximum atomic E-state index is 3.70. The zero-order valence-corrected chi connectivity index (χ0v) is 9.27. The van der Waals surface area contributed by atoms with Gasteiger partial charge in [-0.05, 0) is 42.0 Å². The lowest BCUT2D eigenvalue weighted by molar-refractivity contribution is 0.793. The summed E-state index contributed by atoms with van der Waals surface area (Å²) in [6.07, 6.45) is 7.76. The topological polar surface area (TPSA) is 0 Å². The first kappa shape index (κ1) is 11.0. The van der Waals surface area contributed by atoms with Gasteiger partial charge in [0.05, 0.1) is 0 Å². The first-order valence-electron chi connectivity index (χ1n) is 5.46. The summed E-state index contributed by atoms with van der Waals surface area (Å²) in [4.78, 5) is 0. The van der Waals surface area contributed by atoms with Gasteiger partial charge < -0.3 is 0 Å². The van der Waals surface area contributed by atoms with E-state index >= 15 is 0 Å². The molecule has 0 nitrogen and oxygen atoms in total. The summed E-state index contributed by atoms with van der Waals surface area (Å²) in [7, 11) is 0. The van der Waals surface area contributed by atoms with Crippen molar-refractivity contribution in [1.29, 1.82) is 0 Å². The van der Waals surface area contributed by atoms with Crippen molar-refractivity contribution in [3.05, 3.63) is 47.5 Å². The third-order valence-corrected chi connectivity index (χ3v) is 2.48. The molecule has 0 bridgehead atoms. The van der Waals surface area contributed by atoms with Crippen molar-refractivity contribution in [1.82, 2.24) is 0 Å². The number of unbranched alkanes of at least 4 members (excludes halogenated alkanes) is 1. The maximum Gasteiger partial charge on any atom is -0.0178 e. The van der Waals surface area contributed by atoms with Crippen molar-refractivity contribution in [2.75, 3.05) is 0 Å². The zero-order chi connectivity index (χ0) is 10.4. The lowest BCUT2D eigenvalue weighted by Crippen LogP contribution is -1.90. The molecular weight excluding hydrogens is 168 g/mol. The maximum absolute atomic E-state index is 3.70. The molecule has 0 spiro atoms. The highest BCUT2D eigenvalue weighted by molar-refractivity contribution is 5.33. The summed E-state index contributed by atoms with van der Waals surface area (Å²) < 4.78 is 0. The number of hydrogen-bond donors (Lipinski definition) is 0. The van der Waals surface area contributed by atoms with Crippen LogP contribution in [-0.4, -0.2) is 0 Å². The normalized spacial score (nSPS) is 10.1. The van der Waals surface area contributed by atoms with Crippen molar-refractivity contribution in [2.45, 2.75) is 39.5 Å². The quantitative estimate of drug-likeness (QED) is 0.655. The summed E-state index contributed by atoms with van der Waals surface area (Å²) in [6, 6.07) is 6.67. The largest absolute Gasteiger partial charge is 0.0906 e. The van der Waals surface area contributed by atoms with E-state index in [1.54, 1.807) is 0 Å². The van der Waals surface area contributed by atoms with Gasteiger partial charge in [0.25, 0.3) is 0 Å². The molecule has 1 aromatic rings. The van der Waals surface area contributed by atoms with Crippen molar-refractivity contribution >= 4 is 0 Å². The van der Waals surface area contributed by atoms with Crippen LogP contribution in [-0.2, 0) is 12.8 Å². The van der Waals surface area contributed by atoms with E-state index in [-0.39, 0.29) is 0 Å². The van der Waals surface area contributed by atoms with Crippen LogP contribution < -0.4 is 0 Å². The molecule has 0 heteroatoms. The van der Waals surface area contributed by atoms with Crippen LogP contribution in [0.2, 0.25) is 0 Å². The molecule has 0 saturated carbocycles. The summed E-state index contributed by atoms with van der Waals surface area (Å²) in [5, 5.41) is 0. The second kappa shape index (κ2) is 5.64.